The fourth-order valence-electron chi connectivity index (χ4n) is 2.53. The molecule has 0 saturated carbocycles. The molecule has 25 heavy (non-hydrogen) atoms. The molecule has 1 N–H and O–H groups in total. The topological polar surface area (TPSA) is 55.1 Å². The van der Waals surface area contributed by atoms with Gasteiger partial charge in [-0.05, 0) is 57.9 Å². The van der Waals surface area contributed by atoms with E-state index in [0.717, 1.165) is 27.9 Å². The highest BCUT2D eigenvalue weighted by Crippen LogP contribution is 2.24. The first-order valence-corrected chi connectivity index (χ1v) is 8.35. The van der Waals surface area contributed by atoms with Crippen molar-refractivity contribution in [3.05, 3.63) is 52.9 Å². The van der Waals surface area contributed by atoms with Crippen molar-refractivity contribution in [2.75, 3.05) is 5.32 Å². The zero-order valence-corrected chi connectivity index (χ0v) is 15.8. The lowest BCUT2D eigenvalue weighted by Crippen LogP contribution is -2.17. The molecule has 2 heterocycles. The van der Waals surface area contributed by atoms with E-state index in [1.807, 2.05) is 50.0 Å². The predicted molar refractivity (Wildman–Crippen MR) is 103 cm³/mol. The molecule has 0 saturated heterocycles. The Hall–Kier alpha value is -2.87. The van der Waals surface area contributed by atoms with E-state index in [4.69, 9.17) is 0 Å². The number of aromatic nitrogens is 3. The smallest absolute Gasteiger partial charge is 0.223 e. The molecule has 0 aliphatic heterocycles. The molecule has 0 aliphatic rings. The summed E-state index contributed by atoms with van der Waals surface area (Å²) < 4.78 is 1.97. The molecule has 5 heteroatoms. The minimum absolute atomic E-state index is 0.299. The van der Waals surface area contributed by atoms with Gasteiger partial charge in [0.1, 0.15) is 5.49 Å². The van der Waals surface area contributed by atoms with Gasteiger partial charge in [-0.3, -0.25) is 0 Å². The highest BCUT2D eigenvalue weighted by atomic mass is 15.1. The van der Waals surface area contributed by atoms with Crippen LogP contribution in [-0.2, 0) is 7.05 Å². The molecule has 0 radical (unpaired) electrons. The predicted octanol–water partition coefficient (Wildman–Crippen LogP) is 3.28. The van der Waals surface area contributed by atoms with Crippen LogP contribution in [0.5, 0.6) is 0 Å². The fourth-order valence-corrected chi connectivity index (χ4v) is 2.53. The Morgan fingerprint density at radius 2 is 2.12 bits per heavy atom. The van der Waals surface area contributed by atoms with Gasteiger partial charge in [0.25, 0.3) is 0 Å². The van der Waals surface area contributed by atoms with Crippen LogP contribution < -0.4 is 10.8 Å². The van der Waals surface area contributed by atoms with E-state index < -0.39 is 0 Å². The van der Waals surface area contributed by atoms with Gasteiger partial charge in [0.2, 0.25) is 5.95 Å². The first-order chi connectivity index (χ1) is 12.0. The molecule has 2 aromatic rings. The second-order valence-corrected chi connectivity index (χ2v) is 6.05. The third-order valence-corrected chi connectivity index (χ3v) is 3.68. The highest BCUT2D eigenvalue weighted by molar-refractivity contribution is 5.80. The van der Waals surface area contributed by atoms with Gasteiger partial charge in [-0.15, -0.1) is 0 Å². The SMILES string of the molecule is CC#C/N=c1/ccc(/C(=C/C)c2cnc(NC(C)C)nc2C)cn1C. The van der Waals surface area contributed by atoms with Gasteiger partial charge in [-0.2, -0.15) is 4.99 Å². The summed E-state index contributed by atoms with van der Waals surface area (Å²) in [6.07, 6.45) is 6.01. The number of anilines is 1. The Balaban J connectivity index is 2.44. The molecule has 2 rings (SSSR count). The van der Waals surface area contributed by atoms with Crippen LogP contribution in [0.2, 0.25) is 0 Å². The van der Waals surface area contributed by atoms with Crippen LogP contribution in [0.4, 0.5) is 5.95 Å². The normalized spacial score (nSPS) is 12.1. The lowest BCUT2D eigenvalue weighted by atomic mass is 9.99. The Morgan fingerprint density at radius 1 is 1.36 bits per heavy atom. The van der Waals surface area contributed by atoms with Crippen LogP contribution in [0.25, 0.3) is 5.57 Å². The third kappa shape index (κ3) is 4.57. The van der Waals surface area contributed by atoms with Crippen molar-refractivity contribution in [1.29, 1.82) is 0 Å². The molecular formula is C20H25N5. The monoisotopic (exact) mass is 335 g/mol. The van der Waals surface area contributed by atoms with Crippen molar-refractivity contribution < 1.29 is 0 Å². The van der Waals surface area contributed by atoms with Crippen LogP contribution >= 0.6 is 0 Å². The highest BCUT2D eigenvalue weighted by Gasteiger charge is 2.11. The van der Waals surface area contributed by atoms with Crippen molar-refractivity contribution in [2.45, 2.75) is 40.7 Å². The van der Waals surface area contributed by atoms with Crippen molar-refractivity contribution >= 4 is 11.5 Å². The Kier molecular flexibility index (Phi) is 6.13. The largest absolute Gasteiger partial charge is 0.352 e. The lowest BCUT2D eigenvalue weighted by Gasteiger charge is -2.14. The van der Waals surface area contributed by atoms with E-state index in [1.54, 1.807) is 6.92 Å². The van der Waals surface area contributed by atoms with Crippen LogP contribution in [0.1, 0.15) is 44.5 Å². The maximum atomic E-state index is 4.58. The Labute approximate surface area is 149 Å². The van der Waals surface area contributed by atoms with Gasteiger partial charge in [0, 0.05) is 37.1 Å². The summed E-state index contributed by atoms with van der Waals surface area (Å²) in [6.45, 7) is 9.94. The maximum absolute atomic E-state index is 4.58. The molecule has 0 bridgehead atoms. The van der Waals surface area contributed by atoms with Crippen LogP contribution in [0.15, 0.2) is 35.6 Å². The van der Waals surface area contributed by atoms with E-state index in [0.29, 0.717) is 12.0 Å². The number of hydrogen-bond acceptors (Lipinski definition) is 4. The van der Waals surface area contributed by atoms with Crippen molar-refractivity contribution in [3.63, 3.8) is 0 Å². The van der Waals surface area contributed by atoms with Crippen molar-refractivity contribution in [3.8, 4) is 12.0 Å². The Morgan fingerprint density at radius 3 is 2.68 bits per heavy atom. The summed E-state index contributed by atoms with van der Waals surface area (Å²) in [4.78, 5) is 13.3. The minimum atomic E-state index is 0.299. The third-order valence-electron chi connectivity index (χ3n) is 3.68. The zero-order valence-electron chi connectivity index (χ0n) is 15.8. The van der Waals surface area contributed by atoms with Crippen LogP contribution in [0, 0.1) is 18.9 Å². The molecule has 130 valence electrons. The number of nitrogens with one attached hydrogen (secondary N) is 1. The molecule has 2 aromatic heterocycles. The molecule has 0 amide bonds. The number of hydrogen-bond donors (Lipinski definition) is 1. The summed E-state index contributed by atoms with van der Waals surface area (Å²) in [6, 6.07) is 7.06. The number of allylic oxidation sites excluding steroid dienone is 1. The van der Waals surface area contributed by atoms with Gasteiger partial charge in [0.05, 0.1) is 5.69 Å². The molecule has 0 spiro atoms. The average molecular weight is 335 g/mol. The van der Waals surface area contributed by atoms with E-state index in [1.165, 1.54) is 0 Å². The molecular weight excluding hydrogens is 310 g/mol. The van der Waals surface area contributed by atoms with Gasteiger partial charge < -0.3 is 9.88 Å². The summed E-state index contributed by atoms with van der Waals surface area (Å²) >= 11 is 0. The van der Waals surface area contributed by atoms with E-state index in [-0.39, 0.29) is 0 Å². The van der Waals surface area contributed by atoms with Crippen LogP contribution in [-0.4, -0.2) is 20.6 Å². The summed E-state index contributed by atoms with van der Waals surface area (Å²) in [5.74, 6) is 3.44. The molecule has 0 unspecified atom stereocenters. The lowest BCUT2D eigenvalue weighted by molar-refractivity contribution is 0.833. The zero-order chi connectivity index (χ0) is 18.4. The molecule has 0 fully saturated rings. The summed E-state index contributed by atoms with van der Waals surface area (Å²) in [7, 11) is 1.96. The standard InChI is InChI=1S/C20H25N5/c1-7-11-21-19-10-9-16(13-25(19)6)17(8-2)18-12-22-20(23-14(3)4)24-15(18)5/h8-10,12-14H,1-6H3,(H,22,23,24)/b17-8-,21-19-. The molecule has 5 nitrogen and oxygen atoms in total. The number of aryl methyl sites for hydroxylation is 2. The number of nitrogens with zero attached hydrogens (tertiary/aromatic N) is 4. The van der Waals surface area contributed by atoms with E-state index in [9.17, 15) is 0 Å². The Bertz CT molecular complexity index is 908. The van der Waals surface area contributed by atoms with Crippen molar-refractivity contribution in [1.82, 2.24) is 14.5 Å². The van der Waals surface area contributed by atoms with Gasteiger partial charge in [-0.1, -0.05) is 12.0 Å². The van der Waals surface area contributed by atoms with Crippen LogP contribution in [0.3, 0.4) is 0 Å². The minimum Gasteiger partial charge on any atom is -0.352 e. The number of rotatable bonds is 4. The van der Waals surface area contributed by atoms with Gasteiger partial charge in [0.15, 0.2) is 0 Å². The van der Waals surface area contributed by atoms with E-state index >= 15 is 0 Å². The first kappa shape index (κ1) is 18.5. The first-order valence-electron chi connectivity index (χ1n) is 8.35. The van der Waals surface area contributed by atoms with Gasteiger partial charge >= 0.3 is 0 Å². The quantitative estimate of drug-likeness (QED) is 0.873. The molecule has 0 atom stereocenters. The van der Waals surface area contributed by atoms with Gasteiger partial charge in [-0.25, -0.2) is 9.97 Å². The summed E-state index contributed by atoms with van der Waals surface area (Å²) in [5.41, 5.74) is 4.97. The maximum Gasteiger partial charge on any atom is 0.223 e. The fraction of sp³-hybridized carbons (Fsp3) is 0.350. The number of pyridine rings is 1. The second-order valence-electron chi connectivity index (χ2n) is 6.05. The van der Waals surface area contributed by atoms with E-state index in [2.05, 4.69) is 52.2 Å². The van der Waals surface area contributed by atoms with Crippen molar-refractivity contribution in [2.24, 2.45) is 12.0 Å². The second kappa shape index (κ2) is 8.29. The molecule has 0 aromatic carbocycles. The average Bonchev–Trinajstić information content (AvgIpc) is 2.56. The molecule has 0 aliphatic carbocycles. The summed E-state index contributed by atoms with van der Waals surface area (Å²) in [5, 5.41) is 3.23.